The van der Waals surface area contributed by atoms with E-state index in [1.807, 2.05) is 6.92 Å². The Balaban J connectivity index is 3.33. The van der Waals surface area contributed by atoms with E-state index in [1.165, 1.54) is 0 Å². The Labute approximate surface area is 67.5 Å². The second kappa shape index (κ2) is 5.95. The fraction of sp³-hybridized carbons (Fsp3) is 1.00. The molecule has 0 saturated heterocycles. The molecule has 0 amide bonds. The van der Waals surface area contributed by atoms with Gasteiger partial charge in [-0.1, -0.05) is 24.9 Å². The molecule has 5 heteroatoms. The number of rotatable bonds is 5. The largest absolute Gasteiger partial charge is 0.258 e. The SMILES string of the molecule is CCCCC(Cl)O[SH](=O)=O. The van der Waals surface area contributed by atoms with Crippen LogP contribution in [0, 0.1) is 0 Å². The van der Waals surface area contributed by atoms with Crippen molar-refractivity contribution < 1.29 is 12.6 Å². The standard InChI is InChI=1S/C5H11ClO3S/c1-2-3-4-5(6)9-10(7)8/h5,10H,2-4H2,1H3. The van der Waals surface area contributed by atoms with E-state index in [-0.39, 0.29) is 0 Å². The van der Waals surface area contributed by atoms with Crippen LogP contribution in [0.5, 0.6) is 0 Å². The van der Waals surface area contributed by atoms with Gasteiger partial charge in [0.15, 0.2) is 0 Å². The van der Waals surface area contributed by atoms with Gasteiger partial charge in [0.25, 0.3) is 11.0 Å². The first-order valence-corrected chi connectivity index (χ1v) is 4.65. The summed E-state index contributed by atoms with van der Waals surface area (Å²) in [5.41, 5.74) is -0.680. The van der Waals surface area contributed by atoms with E-state index in [1.54, 1.807) is 0 Å². The molecule has 0 aliphatic heterocycles. The predicted molar refractivity (Wildman–Crippen MR) is 40.6 cm³/mol. The molecule has 62 valence electrons. The number of thiol groups is 1. The van der Waals surface area contributed by atoms with Gasteiger partial charge in [0.2, 0.25) is 0 Å². The fourth-order valence-corrected chi connectivity index (χ4v) is 1.15. The van der Waals surface area contributed by atoms with Crippen LogP contribution in [0.3, 0.4) is 0 Å². The summed E-state index contributed by atoms with van der Waals surface area (Å²) in [5.74, 6) is 0. The smallest absolute Gasteiger partial charge is 0.253 e. The lowest BCUT2D eigenvalue weighted by molar-refractivity contribution is 0.283. The quantitative estimate of drug-likeness (QED) is 0.520. The van der Waals surface area contributed by atoms with Gasteiger partial charge in [-0.3, -0.25) is 4.18 Å². The van der Waals surface area contributed by atoms with E-state index in [4.69, 9.17) is 11.6 Å². The highest BCUT2D eigenvalue weighted by atomic mass is 35.5. The average molecular weight is 187 g/mol. The molecule has 0 aromatic carbocycles. The highest BCUT2D eigenvalue weighted by molar-refractivity contribution is 7.67. The zero-order valence-electron chi connectivity index (χ0n) is 5.75. The van der Waals surface area contributed by atoms with Crippen LogP contribution < -0.4 is 0 Å². The summed E-state index contributed by atoms with van der Waals surface area (Å²) >= 11 is 5.45. The summed E-state index contributed by atoms with van der Waals surface area (Å²) in [7, 11) is -2.79. The Hall–Kier alpha value is 0.200. The molecule has 0 radical (unpaired) electrons. The minimum atomic E-state index is -2.79. The molecular weight excluding hydrogens is 176 g/mol. The first-order chi connectivity index (χ1) is 4.66. The molecule has 0 aliphatic rings. The minimum Gasteiger partial charge on any atom is -0.253 e. The van der Waals surface area contributed by atoms with E-state index >= 15 is 0 Å². The van der Waals surface area contributed by atoms with Crippen LogP contribution in [-0.2, 0) is 15.2 Å². The summed E-state index contributed by atoms with van der Waals surface area (Å²) in [6, 6.07) is 0. The summed E-state index contributed by atoms with van der Waals surface area (Å²) in [6.45, 7) is 2.00. The molecule has 0 aromatic rings. The molecule has 1 unspecified atom stereocenters. The second-order valence-electron chi connectivity index (χ2n) is 1.88. The van der Waals surface area contributed by atoms with Crippen molar-refractivity contribution in [2.75, 3.05) is 0 Å². The van der Waals surface area contributed by atoms with Crippen molar-refractivity contribution in [2.24, 2.45) is 0 Å². The van der Waals surface area contributed by atoms with Gasteiger partial charge in [0.1, 0.15) is 5.56 Å². The number of unbranched alkanes of at least 4 members (excludes halogenated alkanes) is 1. The van der Waals surface area contributed by atoms with Crippen LogP contribution in [0.4, 0.5) is 0 Å². The Morgan fingerprint density at radius 2 is 2.20 bits per heavy atom. The number of hydrogen-bond acceptors (Lipinski definition) is 3. The molecule has 1 atom stereocenters. The van der Waals surface area contributed by atoms with Gasteiger partial charge in [-0.2, -0.15) is 0 Å². The topological polar surface area (TPSA) is 43.4 Å². The van der Waals surface area contributed by atoms with Gasteiger partial charge in [-0.05, 0) is 12.8 Å². The van der Waals surface area contributed by atoms with E-state index in [9.17, 15) is 8.42 Å². The number of alkyl halides is 1. The molecule has 0 aromatic heterocycles. The minimum absolute atomic E-state index is 0.585. The van der Waals surface area contributed by atoms with Crippen LogP contribution >= 0.6 is 11.6 Å². The zero-order valence-corrected chi connectivity index (χ0v) is 7.40. The molecule has 0 N–H and O–H groups in total. The maximum atomic E-state index is 9.90. The molecule has 0 heterocycles. The highest BCUT2D eigenvalue weighted by Crippen LogP contribution is 2.08. The maximum absolute atomic E-state index is 9.90. The van der Waals surface area contributed by atoms with E-state index in [0.717, 1.165) is 12.8 Å². The molecule has 0 rings (SSSR count). The third-order valence-electron chi connectivity index (χ3n) is 0.985. The molecule has 0 saturated carbocycles. The molecule has 3 nitrogen and oxygen atoms in total. The second-order valence-corrected chi connectivity index (χ2v) is 3.03. The number of halogens is 1. The number of hydrogen-bond donors (Lipinski definition) is 1. The Morgan fingerprint density at radius 3 is 2.60 bits per heavy atom. The van der Waals surface area contributed by atoms with Crippen molar-refractivity contribution in [1.29, 1.82) is 0 Å². The first kappa shape index (κ1) is 10.2. The van der Waals surface area contributed by atoms with Gasteiger partial charge in [-0.25, -0.2) is 8.42 Å². The molecule has 0 aliphatic carbocycles. The summed E-state index contributed by atoms with van der Waals surface area (Å²) < 4.78 is 24.1. The van der Waals surface area contributed by atoms with Gasteiger partial charge in [0.05, 0.1) is 0 Å². The summed E-state index contributed by atoms with van der Waals surface area (Å²) in [6.07, 6.45) is 2.46. The van der Waals surface area contributed by atoms with Gasteiger partial charge < -0.3 is 0 Å². The average Bonchev–Trinajstić information content (AvgIpc) is 1.82. The van der Waals surface area contributed by atoms with Gasteiger partial charge in [0, 0.05) is 0 Å². The molecule has 0 bridgehead atoms. The molecule has 0 spiro atoms. The van der Waals surface area contributed by atoms with Crippen molar-refractivity contribution >= 4 is 22.6 Å². The lowest BCUT2D eigenvalue weighted by Crippen LogP contribution is -2.02. The summed E-state index contributed by atoms with van der Waals surface area (Å²) in [5, 5.41) is 0. The van der Waals surface area contributed by atoms with E-state index in [0.29, 0.717) is 6.42 Å². The van der Waals surface area contributed by atoms with Gasteiger partial charge >= 0.3 is 0 Å². The normalized spacial score (nSPS) is 13.9. The van der Waals surface area contributed by atoms with E-state index < -0.39 is 16.5 Å². The van der Waals surface area contributed by atoms with Crippen LogP contribution in [0.1, 0.15) is 26.2 Å². The van der Waals surface area contributed by atoms with Crippen molar-refractivity contribution in [3.05, 3.63) is 0 Å². The molecule has 10 heavy (non-hydrogen) atoms. The van der Waals surface area contributed by atoms with Crippen LogP contribution in [0.25, 0.3) is 0 Å². The zero-order chi connectivity index (χ0) is 7.98. The lowest BCUT2D eigenvalue weighted by Gasteiger charge is -2.02. The molecular formula is C5H11ClO3S. The van der Waals surface area contributed by atoms with Crippen molar-refractivity contribution in [2.45, 2.75) is 31.7 Å². The maximum Gasteiger partial charge on any atom is 0.258 e. The van der Waals surface area contributed by atoms with Gasteiger partial charge in [-0.15, -0.1) is 0 Å². The summed E-state index contributed by atoms with van der Waals surface area (Å²) in [4.78, 5) is 0. The van der Waals surface area contributed by atoms with Crippen molar-refractivity contribution in [3.63, 3.8) is 0 Å². The molecule has 0 fully saturated rings. The predicted octanol–water partition coefficient (Wildman–Crippen LogP) is 1.28. The first-order valence-electron chi connectivity index (χ1n) is 3.12. The third-order valence-corrected chi connectivity index (χ3v) is 1.84. The Morgan fingerprint density at radius 1 is 1.60 bits per heavy atom. The van der Waals surface area contributed by atoms with Crippen LogP contribution in [0.15, 0.2) is 0 Å². The van der Waals surface area contributed by atoms with E-state index in [2.05, 4.69) is 4.18 Å². The van der Waals surface area contributed by atoms with Crippen molar-refractivity contribution in [1.82, 2.24) is 0 Å². The third kappa shape index (κ3) is 6.32. The van der Waals surface area contributed by atoms with Crippen LogP contribution in [0.2, 0.25) is 0 Å². The Bertz CT molecular complexity index is 138. The van der Waals surface area contributed by atoms with Crippen LogP contribution in [-0.4, -0.2) is 14.0 Å². The lowest BCUT2D eigenvalue weighted by atomic mass is 10.3. The monoisotopic (exact) mass is 186 g/mol. The van der Waals surface area contributed by atoms with Crippen molar-refractivity contribution in [3.8, 4) is 0 Å². The fourth-order valence-electron chi connectivity index (χ4n) is 0.511. The Kier molecular flexibility index (Phi) is 6.06. The highest BCUT2D eigenvalue weighted by Gasteiger charge is 2.03.